The van der Waals surface area contributed by atoms with Crippen LogP contribution in [0.5, 0.6) is 0 Å². The first kappa shape index (κ1) is 15.9. The number of rotatable bonds is 4. The molecule has 1 heterocycles. The second-order valence-corrected chi connectivity index (χ2v) is 5.64. The predicted octanol–water partition coefficient (Wildman–Crippen LogP) is 1.74. The Labute approximate surface area is 128 Å². The summed E-state index contributed by atoms with van der Waals surface area (Å²) < 4.78 is 13.2. The van der Waals surface area contributed by atoms with Gasteiger partial charge in [-0.15, -0.1) is 0 Å². The molecular weight excluding hydrogens is 297 g/mol. The van der Waals surface area contributed by atoms with Crippen molar-refractivity contribution in [1.29, 1.82) is 0 Å². The van der Waals surface area contributed by atoms with Crippen LogP contribution in [-0.4, -0.2) is 42.9 Å². The number of benzene rings is 1. The summed E-state index contributed by atoms with van der Waals surface area (Å²) in [4.78, 5) is 13.7. The van der Waals surface area contributed by atoms with Crippen molar-refractivity contribution in [3.63, 3.8) is 0 Å². The van der Waals surface area contributed by atoms with Gasteiger partial charge >= 0.3 is 6.03 Å². The Morgan fingerprint density at radius 1 is 1.62 bits per heavy atom. The summed E-state index contributed by atoms with van der Waals surface area (Å²) in [6, 6.07) is 4.05. The summed E-state index contributed by atoms with van der Waals surface area (Å²) in [5, 5.41) is 14.5. The summed E-state index contributed by atoms with van der Waals surface area (Å²) in [7, 11) is 0. The topological polar surface area (TPSA) is 64.6 Å². The molecule has 5 nitrogen and oxygen atoms in total. The molecule has 21 heavy (non-hydrogen) atoms. The van der Waals surface area contributed by atoms with E-state index in [1.165, 1.54) is 6.07 Å². The molecule has 2 atom stereocenters. The highest BCUT2D eigenvalue weighted by Gasteiger charge is 2.24. The molecule has 1 aliphatic rings. The first-order valence-electron chi connectivity index (χ1n) is 6.87. The van der Waals surface area contributed by atoms with E-state index in [4.69, 9.17) is 16.7 Å². The van der Waals surface area contributed by atoms with E-state index in [0.29, 0.717) is 6.54 Å². The van der Waals surface area contributed by atoms with Gasteiger partial charge in [-0.1, -0.05) is 11.6 Å². The molecule has 0 aromatic heterocycles. The van der Waals surface area contributed by atoms with Crippen molar-refractivity contribution in [3.05, 3.63) is 29.0 Å². The number of nitrogens with one attached hydrogen (secondary N) is 2. The molecule has 1 aromatic rings. The Hall–Kier alpha value is -1.53. The van der Waals surface area contributed by atoms with Gasteiger partial charge in [-0.05, 0) is 31.5 Å². The molecule has 2 unspecified atom stereocenters. The Morgan fingerprint density at radius 2 is 2.38 bits per heavy atom. The SMILES string of the molecule is CC(CO)NC(=O)NC1CCN(c2ccc(F)c(Cl)c2)C1. The van der Waals surface area contributed by atoms with Crippen LogP contribution in [-0.2, 0) is 0 Å². The smallest absolute Gasteiger partial charge is 0.315 e. The van der Waals surface area contributed by atoms with Gasteiger partial charge in [-0.25, -0.2) is 9.18 Å². The van der Waals surface area contributed by atoms with Crippen LogP contribution in [0.1, 0.15) is 13.3 Å². The van der Waals surface area contributed by atoms with Gasteiger partial charge in [0.05, 0.1) is 17.7 Å². The van der Waals surface area contributed by atoms with Gasteiger partial charge in [-0.2, -0.15) is 0 Å². The molecular formula is C14H19ClFN3O2. The minimum absolute atomic E-state index is 0.0136. The standard InChI is InChI=1S/C14H19ClFN3O2/c1-9(8-20)17-14(21)18-10-4-5-19(7-10)11-2-3-13(16)12(15)6-11/h2-3,6,9-10,20H,4-5,7-8H2,1H3,(H2,17,18,21). The maximum absolute atomic E-state index is 13.2. The Bertz CT molecular complexity index is 515. The molecule has 3 N–H and O–H groups in total. The van der Waals surface area contributed by atoms with Crippen LogP contribution in [0.2, 0.25) is 5.02 Å². The second-order valence-electron chi connectivity index (χ2n) is 5.23. The number of anilines is 1. The third-order valence-corrected chi connectivity index (χ3v) is 3.73. The van der Waals surface area contributed by atoms with Crippen LogP contribution in [0, 0.1) is 5.82 Å². The van der Waals surface area contributed by atoms with Crippen LogP contribution in [0.25, 0.3) is 0 Å². The van der Waals surface area contributed by atoms with Crippen molar-refractivity contribution < 1.29 is 14.3 Å². The number of nitrogens with zero attached hydrogens (tertiary/aromatic N) is 1. The molecule has 116 valence electrons. The molecule has 1 aromatic carbocycles. The fourth-order valence-corrected chi connectivity index (χ4v) is 2.47. The number of hydrogen-bond acceptors (Lipinski definition) is 3. The number of carbonyl (C=O) groups excluding carboxylic acids is 1. The van der Waals surface area contributed by atoms with E-state index in [9.17, 15) is 9.18 Å². The quantitative estimate of drug-likeness (QED) is 0.793. The lowest BCUT2D eigenvalue weighted by Crippen LogP contribution is -2.47. The molecule has 2 rings (SSSR count). The Kier molecular flexibility index (Phi) is 5.25. The number of carbonyl (C=O) groups is 1. The second kappa shape index (κ2) is 6.95. The number of aliphatic hydroxyl groups excluding tert-OH is 1. The minimum Gasteiger partial charge on any atom is -0.394 e. The average Bonchev–Trinajstić information content (AvgIpc) is 2.90. The lowest BCUT2D eigenvalue weighted by molar-refractivity contribution is 0.218. The van der Waals surface area contributed by atoms with Gasteiger partial charge in [0.15, 0.2) is 0 Å². The Balaban J connectivity index is 1.88. The van der Waals surface area contributed by atoms with Gasteiger partial charge in [0.2, 0.25) is 0 Å². The fraction of sp³-hybridized carbons (Fsp3) is 0.500. The van der Waals surface area contributed by atoms with Crippen LogP contribution in [0.3, 0.4) is 0 Å². The van der Waals surface area contributed by atoms with E-state index < -0.39 is 5.82 Å². The van der Waals surface area contributed by atoms with Crippen LogP contribution < -0.4 is 15.5 Å². The number of hydrogen-bond donors (Lipinski definition) is 3. The third-order valence-electron chi connectivity index (χ3n) is 3.44. The largest absolute Gasteiger partial charge is 0.394 e. The summed E-state index contributed by atoms with van der Waals surface area (Å²) in [6.45, 7) is 3.03. The van der Waals surface area contributed by atoms with Crippen LogP contribution in [0.15, 0.2) is 18.2 Å². The molecule has 0 bridgehead atoms. The lowest BCUT2D eigenvalue weighted by Gasteiger charge is -2.20. The number of amides is 2. The van der Waals surface area contributed by atoms with E-state index in [1.54, 1.807) is 19.1 Å². The predicted molar refractivity (Wildman–Crippen MR) is 80.2 cm³/mol. The fourth-order valence-electron chi connectivity index (χ4n) is 2.29. The first-order chi connectivity index (χ1) is 9.99. The van der Waals surface area contributed by atoms with Crippen LogP contribution in [0.4, 0.5) is 14.9 Å². The van der Waals surface area contributed by atoms with Crippen molar-refractivity contribution >= 4 is 23.3 Å². The maximum atomic E-state index is 13.2. The summed E-state index contributed by atoms with van der Waals surface area (Å²) in [5.41, 5.74) is 0.842. The number of urea groups is 1. The molecule has 7 heteroatoms. The summed E-state index contributed by atoms with van der Waals surface area (Å²) >= 11 is 5.78. The number of halogens is 2. The van der Waals surface area contributed by atoms with Crippen molar-refractivity contribution in [3.8, 4) is 0 Å². The molecule has 1 aliphatic heterocycles. The van der Waals surface area contributed by atoms with E-state index >= 15 is 0 Å². The normalized spacial score (nSPS) is 19.4. The van der Waals surface area contributed by atoms with E-state index in [1.807, 2.05) is 4.90 Å². The van der Waals surface area contributed by atoms with Gasteiger partial charge in [0.25, 0.3) is 0 Å². The highest BCUT2D eigenvalue weighted by Crippen LogP contribution is 2.25. The first-order valence-corrected chi connectivity index (χ1v) is 7.25. The maximum Gasteiger partial charge on any atom is 0.315 e. The van der Waals surface area contributed by atoms with Gasteiger partial charge in [-0.3, -0.25) is 0 Å². The molecule has 0 aliphatic carbocycles. The summed E-state index contributed by atoms with van der Waals surface area (Å²) in [6.07, 6.45) is 0.802. The Morgan fingerprint density at radius 3 is 3.05 bits per heavy atom. The third kappa shape index (κ3) is 4.22. The van der Waals surface area contributed by atoms with Crippen molar-refractivity contribution in [1.82, 2.24) is 10.6 Å². The van der Waals surface area contributed by atoms with Gasteiger partial charge in [0.1, 0.15) is 5.82 Å². The van der Waals surface area contributed by atoms with Gasteiger partial charge < -0.3 is 20.6 Å². The monoisotopic (exact) mass is 315 g/mol. The van der Waals surface area contributed by atoms with E-state index in [-0.39, 0.29) is 29.7 Å². The van der Waals surface area contributed by atoms with Crippen molar-refractivity contribution in [2.45, 2.75) is 25.4 Å². The molecule has 0 radical (unpaired) electrons. The lowest BCUT2D eigenvalue weighted by atomic mass is 10.2. The highest BCUT2D eigenvalue weighted by molar-refractivity contribution is 6.31. The zero-order chi connectivity index (χ0) is 15.4. The van der Waals surface area contributed by atoms with E-state index in [0.717, 1.165) is 18.7 Å². The van der Waals surface area contributed by atoms with Crippen LogP contribution >= 0.6 is 11.6 Å². The van der Waals surface area contributed by atoms with Gasteiger partial charge in [0, 0.05) is 24.8 Å². The minimum atomic E-state index is -0.438. The zero-order valence-electron chi connectivity index (χ0n) is 11.8. The molecule has 0 spiro atoms. The zero-order valence-corrected chi connectivity index (χ0v) is 12.5. The van der Waals surface area contributed by atoms with E-state index in [2.05, 4.69) is 10.6 Å². The van der Waals surface area contributed by atoms with Crippen molar-refractivity contribution in [2.24, 2.45) is 0 Å². The molecule has 0 saturated carbocycles. The molecule has 1 fully saturated rings. The summed E-state index contributed by atoms with van der Waals surface area (Å²) in [5.74, 6) is -0.438. The number of aliphatic hydroxyl groups is 1. The highest BCUT2D eigenvalue weighted by atomic mass is 35.5. The average molecular weight is 316 g/mol. The van der Waals surface area contributed by atoms with Crippen molar-refractivity contribution in [2.75, 3.05) is 24.6 Å². The molecule has 1 saturated heterocycles. The molecule has 2 amide bonds.